The van der Waals surface area contributed by atoms with Gasteiger partial charge in [-0.1, -0.05) is 0 Å². The van der Waals surface area contributed by atoms with Crippen molar-refractivity contribution in [1.29, 1.82) is 0 Å². The van der Waals surface area contributed by atoms with E-state index in [-0.39, 0.29) is 23.7 Å². The second kappa shape index (κ2) is 7.59. The first-order valence-corrected chi connectivity index (χ1v) is 8.50. The molecule has 0 N–H and O–H groups in total. The Hall–Kier alpha value is -2.18. The van der Waals surface area contributed by atoms with Crippen LogP contribution in [-0.2, 0) is 9.59 Å². The number of methoxy groups -OCH3 is 1. The van der Waals surface area contributed by atoms with Crippen molar-refractivity contribution in [3.05, 3.63) is 12.1 Å². The van der Waals surface area contributed by atoms with E-state index in [1.54, 1.807) is 12.1 Å². The summed E-state index contributed by atoms with van der Waals surface area (Å²) in [7, 11) is 1.54. The molecule has 7 nitrogen and oxygen atoms in total. The number of piperidine rings is 1. The molecule has 0 spiro atoms. The molecule has 2 aliphatic rings. The average molecular weight is 333 g/mol. The van der Waals surface area contributed by atoms with Crippen LogP contribution in [0.25, 0.3) is 0 Å². The highest BCUT2D eigenvalue weighted by atomic mass is 16.5. The van der Waals surface area contributed by atoms with Crippen molar-refractivity contribution in [2.45, 2.75) is 44.6 Å². The van der Waals surface area contributed by atoms with E-state index < -0.39 is 0 Å². The van der Waals surface area contributed by atoms with Crippen molar-refractivity contribution in [3.8, 4) is 11.8 Å². The predicted octanol–water partition coefficient (Wildman–Crippen LogP) is 1.61. The number of likely N-dealkylation sites (tertiary alicyclic amines) is 1. The van der Waals surface area contributed by atoms with Gasteiger partial charge in [0.15, 0.2) is 0 Å². The number of rotatable bonds is 4. The summed E-state index contributed by atoms with van der Waals surface area (Å²) in [6, 6.07) is 3.42. The van der Waals surface area contributed by atoms with Gasteiger partial charge in [0.2, 0.25) is 17.7 Å². The van der Waals surface area contributed by atoms with E-state index in [4.69, 9.17) is 9.47 Å². The molecule has 24 heavy (non-hydrogen) atoms. The Morgan fingerprint density at radius 2 is 1.88 bits per heavy atom. The van der Waals surface area contributed by atoms with Gasteiger partial charge in [0.05, 0.1) is 13.7 Å². The molecule has 0 radical (unpaired) electrons. The van der Waals surface area contributed by atoms with Gasteiger partial charge in [-0.25, -0.2) is 0 Å². The lowest BCUT2D eigenvalue weighted by Gasteiger charge is -2.35. The molecule has 1 atom stereocenters. The molecule has 1 unspecified atom stereocenters. The largest absolute Gasteiger partial charge is 0.480 e. The number of amides is 1. The van der Waals surface area contributed by atoms with E-state index >= 15 is 0 Å². The van der Waals surface area contributed by atoms with Crippen LogP contribution in [0.5, 0.6) is 11.8 Å². The molecule has 3 rings (SSSR count). The number of ether oxygens (including phenoxy) is 2. The predicted molar refractivity (Wildman–Crippen MR) is 85.8 cm³/mol. The summed E-state index contributed by atoms with van der Waals surface area (Å²) in [6.07, 6.45) is 4.16. The molecule has 0 bridgehead atoms. The SMILES string of the molecule is COc1ccc(OC2CCCN(C(=O)C3CCC(=O)CC3)C2)nn1. The third-order valence-corrected chi connectivity index (χ3v) is 4.69. The minimum Gasteiger partial charge on any atom is -0.480 e. The van der Waals surface area contributed by atoms with Crippen molar-refractivity contribution in [1.82, 2.24) is 15.1 Å². The van der Waals surface area contributed by atoms with Crippen LogP contribution in [0.3, 0.4) is 0 Å². The van der Waals surface area contributed by atoms with Crippen LogP contribution in [0.1, 0.15) is 38.5 Å². The maximum absolute atomic E-state index is 12.7. The molecular weight excluding hydrogens is 310 g/mol. The van der Waals surface area contributed by atoms with E-state index in [2.05, 4.69) is 10.2 Å². The monoisotopic (exact) mass is 333 g/mol. The summed E-state index contributed by atoms with van der Waals surface area (Å²) < 4.78 is 10.8. The van der Waals surface area contributed by atoms with E-state index in [0.29, 0.717) is 44.0 Å². The Morgan fingerprint density at radius 3 is 2.54 bits per heavy atom. The normalized spacial score (nSPS) is 22.3. The van der Waals surface area contributed by atoms with Crippen LogP contribution >= 0.6 is 0 Å². The molecule has 7 heteroatoms. The number of nitrogens with zero attached hydrogens (tertiary/aromatic N) is 3. The fourth-order valence-electron chi connectivity index (χ4n) is 3.33. The number of hydrogen-bond acceptors (Lipinski definition) is 6. The van der Waals surface area contributed by atoms with Gasteiger partial charge in [0.25, 0.3) is 0 Å². The lowest BCUT2D eigenvalue weighted by Crippen LogP contribution is -2.47. The summed E-state index contributed by atoms with van der Waals surface area (Å²) in [5.74, 6) is 1.31. The van der Waals surface area contributed by atoms with Gasteiger partial charge >= 0.3 is 0 Å². The molecule has 2 fully saturated rings. The third-order valence-electron chi connectivity index (χ3n) is 4.69. The summed E-state index contributed by atoms with van der Waals surface area (Å²) in [5, 5.41) is 7.86. The Balaban J connectivity index is 1.55. The number of Topliss-reactive ketones (excluding diaryl/α,β-unsaturated/α-hetero) is 1. The molecule has 1 aliphatic carbocycles. The number of hydrogen-bond donors (Lipinski definition) is 0. The molecule has 130 valence electrons. The topological polar surface area (TPSA) is 81.6 Å². The summed E-state index contributed by atoms with van der Waals surface area (Å²) in [4.78, 5) is 25.9. The molecule has 1 aromatic heterocycles. The van der Waals surface area contributed by atoms with Gasteiger partial charge in [0.1, 0.15) is 11.9 Å². The molecule has 1 aromatic rings. The van der Waals surface area contributed by atoms with Crippen LogP contribution in [0.2, 0.25) is 0 Å². The molecule has 1 amide bonds. The number of carbonyl (C=O) groups is 2. The first kappa shape index (κ1) is 16.7. The Morgan fingerprint density at radius 1 is 1.17 bits per heavy atom. The Bertz CT molecular complexity index is 580. The molecular formula is C17H23N3O4. The van der Waals surface area contributed by atoms with Gasteiger partial charge in [-0.05, 0) is 25.7 Å². The van der Waals surface area contributed by atoms with E-state index in [0.717, 1.165) is 19.4 Å². The highest BCUT2D eigenvalue weighted by molar-refractivity contribution is 5.84. The zero-order chi connectivity index (χ0) is 16.9. The minimum atomic E-state index is -0.0735. The van der Waals surface area contributed by atoms with Crippen LogP contribution in [-0.4, -0.2) is 53.1 Å². The van der Waals surface area contributed by atoms with E-state index in [1.165, 1.54) is 7.11 Å². The summed E-state index contributed by atoms with van der Waals surface area (Å²) in [5.41, 5.74) is 0. The van der Waals surface area contributed by atoms with Gasteiger partial charge in [-0.2, -0.15) is 0 Å². The average Bonchev–Trinajstić information content (AvgIpc) is 2.63. The summed E-state index contributed by atoms with van der Waals surface area (Å²) >= 11 is 0. The lowest BCUT2D eigenvalue weighted by molar-refractivity contribution is -0.140. The highest BCUT2D eigenvalue weighted by Crippen LogP contribution is 2.26. The van der Waals surface area contributed by atoms with Crippen molar-refractivity contribution < 1.29 is 19.1 Å². The first-order chi connectivity index (χ1) is 11.7. The quantitative estimate of drug-likeness (QED) is 0.833. The lowest BCUT2D eigenvalue weighted by atomic mass is 9.87. The maximum Gasteiger partial charge on any atom is 0.233 e. The fraction of sp³-hybridized carbons (Fsp3) is 0.647. The maximum atomic E-state index is 12.7. The van der Waals surface area contributed by atoms with Crippen LogP contribution in [0.15, 0.2) is 12.1 Å². The molecule has 2 heterocycles. The number of carbonyl (C=O) groups excluding carboxylic acids is 2. The van der Waals surface area contributed by atoms with E-state index in [1.807, 2.05) is 4.90 Å². The fourth-order valence-corrected chi connectivity index (χ4v) is 3.33. The van der Waals surface area contributed by atoms with Crippen molar-refractivity contribution in [2.75, 3.05) is 20.2 Å². The van der Waals surface area contributed by atoms with Gasteiger partial charge in [0, 0.05) is 37.4 Å². The molecule has 0 aromatic carbocycles. The Kier molecular flexibility index (Phi) is 5.27. The van der Waals surface area contributed by atoms with Crippen molar-refractivity contribution >= 4 is 11.7 Å². The minimum absolute atomic E-state index is 0.0118. The van der Waals surface area contributed by atoms with Crippen molar-refractivity contribution in [3.63, 3.8) is 0 Å². The van der Waals surface area contributed by atoms with Gasteiger partial charge in [-0.3, -0.25) is 9.59 Å². The van der Waals surface area contributed by atoms with Crippen LogP contribution in [0.4, 0.5) is 0 Å². The second-order valence-corrected chi connectivity index (χ2v) is 6.39. The zero-order valence-electron chi connectivity index (χ0n) is 13.9. The molecule has 1 aliphatic heterocycles. The number of ketones is 1. The van der Waals surface area contributed by atoms with Gasteiger partial charge in [-0.15, -0.1) is 10.2 Å². The molecule has 1 saturated carbocycles. The van der Waals surface area contributed by atoms with Crippen molar-refractivity contribution in [2.24, 2.45) is 5.92 Å². The second-order valence-electron chi connectivity index (χ2n) is 6.39. The highest BCUT2D eigenvalue weighted by Gasteiger charge is 2.32. The number of aromatic nitrogens is 2. The van der Waals surface area contributed by atoms with Crippen LogP contribution in [0, 0.1) is 5.92 Å². The Labute approximate surface area is 141 Å². The van der Waals surface area contributed by atoms with E-state index in [9.17, 15) is 9.59 Å². The smallest absolute Gasteiger partial charge is 0.233 e. The standard InChI is InChI=1S/C17H23N3O4/c1-23-15-8-9-16(19-18-15)24-14-3-2-10-20(11-14)17(22)12-4-6-13(21)7-5-12/h8-9,12,14H,2-7,10-11H2,1H3. The van der Waals surface area contributed by atoms with Crippen LogP contribution < -0.4 is 9.47 Å². The zero-order valence-corrected chi connectivity index (χ0v) is 13.9. The summed E-state index contributed by atoms with van der Waals surface area (Å²) in [6.45, 7) is 1.33. The third kappa shape index (κ3) is 4.01. The van der Waals surface area contributed by atoms with Gasteiger partial charge < -0.3 is 14.4 Å². The molecule has 1 saturated heterocycles. The first-order valence-electron chi connectivity index (χ1n) is 8.50.